The van der Waals surface area contributed by atoms with Crippen LogP contribution in [-0.2, 0) is 17.8 Å². The van der Waals surface area contributed by atoms with Gasteiger partial charge in [-0.1, -0.05) is 23.2 Å². The van der Waals surface area contributed by atoms with Crippen molar-refractivity contribution in [2.24, 2.45) is 5.73 Å². The number of rotatable bonds is 3. The predicted molar refractivity (Wildman–Crippen MR) is 102 cm³/mol. The summed E-state index contributed by atoms with van der Waals surface area (Å²) in [5, 5.41) is 3.28. The van der Waals surface area contributed by atoms with Crippen LogP contribution in [0.5, 0.6) is 0 Å². The second-order valence-electron chi connectivity index (χ2n) is 5.72. The van der Waals surface area contributed by atoms with Gasteiger partial charge in [0.25, 0.3) is 0 Å². The molecule has 0 spiro atoms. The monoisotopic (exact) mass is 422 g/mol. The Morgan fingerprint density at radius 1 is 1.04 bits per heavy atom. The molecule has 8 nitrogen and oxygen atoms in total. The van der Waals surface area contributed by atoms with E-state index in [0.29, 0.717) is 22.5 Å². The van der Waals surface area contributed by atoms with Crippen molar-refractivity contribution in [2.75, 3.05) is 0 Å². The number of halogens is 3. The van der Waals surface area contributed by atoms with E-state index < -0.39 is 11.7 Å². The van der Waals surface area contributed by atoms with E-state index >= 15 is 0 Å². The number of carbonyl (C=O) groups excluding carboxylic acids is 1. The standard InChI is InChI=1S/C10H14ClN3O2.C5H6ClN3.ClH/c1-10(2,3)16-9(15)14-5-7-4-13-8(11)6-12-7;6-5-3-8-4(1-7)2-9-5;/h4,6H,5H2,1-3H3,(H,14,15);2-3H,1,7H2;1H. The lowest BCUT2D eigenvalue weighted by molar-refractivity contribution is 0.0523. The predicted octanol–water partition coefficient (Wildman–Crippen LogP) is 3.17. The average Bonchev–Trinajstić information content (AvgIpc) is 2.54. The molecule has 2 aromatic rings. The molecule has 26 heavy (non-hydrogen) atoms. The maximum absolute atomic E-state index is 11.3. The molecule has 0 aliphatic carbocycles. The maximum Gasteiger partial charge on any atom is 0.407 e. The summed E-state index contributed by atoms with van der Waals surface area (Å²) in [6, 6.07) is 0. The second-order valence-corrected chi connectivity index (χ2v) is 6.49. The zero-order chi connectivity index (χ0) is 18.9. The fourth-order valence-electron chi connectivity index (χ4n) is 1.35. The van der Waals surface area contributed by atoms with Crippen molar-refractivity contribution in [1.29, 1.82) is 0 Å². The van der Waals surface area contributed by atoms with E-state index in [1.807, 2.05) is 0 Å². The van der Waals surface area contributed by atoms with Crippen LogP contribution in [0.1, 0.15) is 32.2 Å². The summed E-state index contributed by atoms with van der Waals surface area (Å²) in [4.78, 5) is 26.8. The summed E-state index contributed by atoms with van der Waals surface area (Å²) in [7, 11) is 0. The molecule has 0 saturated carbocycles. The van der Waals surface area contributed by atoms with Gasteiger partial charge in [-0.15, -0.1) is 12.4 Å². The van der Waals surface area contributed by atoms with Crippen molar-refractivity contribution in [3.63, 3.8) is 0 Å². The Hall–Kier alpha value is -1.74. The Balaban J connectivity index is 0.000000532. The highest BCUT2D eigenvalue weighted by Crippen LogP contribution is 2.07. The molecule has 2 aromatic heterocycles. The van der Waals surface area contributed by atoms with Crippen molar-refractivity contribution in [3.8, 4) is 0 Å². The van der Waals surface area contributed by atoms with Gasteiger partial charge in [0.05, 0.1) is 42.7 Å². The van der Waals surface area contributed by atoms with Gasteiger partial charge in [0.1, 0.15) is 15.9 Å². The molecular weight excluding hydrogens is 403 g/mol. The Labute approximate surface area is 168 Å². The fourth-order valence-corrected chi connectivity index (χ4v) is 1.55. The molecule has 11 heteroatoms. The number of hydrogen-bond donors (Lipinski definition) is 2. The van der Waals surface area contributed by atoms with Crippen LogP contribution >= 0.6 is 35.6 Å². The molecule has 0 unspecified atom stereocenters. The minimum Gasteiger partial charge on any atom is -0.444 e. The van der Waals surface area contributed by atoms with Gasteiger partial charge in [0, 0.05) is 6.54 Å². The van der Waals surface area contributed by atoms with Crippen LogP contribution in [0.4, 0.5) is 4.79 Å². The highest BCUT2D eigenvalue weighted by Gasteiger charge is 2.15. The lowest BCUT2D eigenvalue weighted by Crippen LogP contribution is -2.32. The number of aromatic nitrogens is 4. The quantitative estimate of drug-likeness (QED) is 0.778. The summed E-state index contributed by atoms with van der Waals surface area (Å²) in [5.74, 6) is 0. The molecule has 0 fully saturated rings. The molecule has 2 rings (SSSR count). The third-order valence-corrected chi connectivity index (χ3v) is 2.76. The highest BCUT2D eigenvalue weighted by molar-refractivity contribution is 6.29. The van der Waals surface area contributed by atoms with Crippen LogP contribution in [-0.4, -0.2) is 31.6 Å². The first-order valence-electron chi connectivity index (χ1n) is 7.29. The van der Waals surface area contributed by atoms with Crippen molar-refractivity contribution < 1.29 is 9.53 Å². The van der Waals surface area contributed by atoms with Gasteiger partial charge in [-0.2, -0.15) is 0 Å². The molecule has 0 aliphatic rings. The Morgan fingerprint density at radius 3 is 1.92 bits per heavy atom. The van der Waals surface area contributed by atoms with Crippen molar-refractivity contribution in [1.82, 2.24) is 25.3 Å². The number of nitrogens with zero attached hydrogens (tertiary/aromatic N) is 4. The minimum absolute atomic E-state index is 0. The average molecular weight is 424 g/mol. The molecular formula is C15H21Cl3N6O2. The topological polar surface area (TPSA) is 116 Å². The van der Waals surface area contributed by atoms with Gasteiger partial charge in [0.15, 0.2) is 0 Å². The molecule has 3 N–H and O–H groups in total. The van der Waals surface area contributed by atoms with Crippen molar-refractivity contribution in [2.45, 2.75) is 39.5 Å². The molecule has 1 amide bonds. The molecule has 0 aromatic carbocycles. The Morgan fingerprint density at radius 2 is 1.54 bits per heavy atom. The normalized spacial score (nSPS) is 10.1. The third kappa shape index (κ3) is 11.0. The zero-order valence-electron chi connectivity index (χ0n) is 14.6. The van der Waals surface area contributed by atoms with Gasteiger partial charge < -0.3 is 15.8 Å². The summed E-state index contributed by atoms with van der Waals surface area (Å²) >= 11 is 11.0. The van der Waals surface area contributed by atoms with Crippen molar-refractivity contribution in [3.05, 3.63) is 46.5 Å². The van der Waals surface area contributed by atoms with E-state index in [4.69, 9.17) is 33.7 Å². The molecule has 0 bridgehead atoms. The molecule has 0 aliphatic heterocycles. The van der Waals surface area contributed by atoms with Crippen LogP contribution < -0.4 is 11.1 Å². The lowest BCUT2D eigenvalue weighted by atomic mass is 10.2. The number of amides is 1. The number of alkyl carbamates (subject to hydrolysis) is 1. The highest BCUT2D eigenvalue weighted by atomic mass is 35.5. The second kappa shape index (κ2) is 11.8. The van der Waals surface area contributed by atoms with Gasteiger partial charge >= 0.3 is 6.09 Å². The number of carbonyl (C=O) groups is 1. The molecule has 144 valence electrons. The fraction of sp³-hybridized carbons (Fsp3) is 0.400. The SMILES string of the molecule is CC(C)(C)OC(=O)NCc1cnc(Cl)cn1.Cl.NCc1cnc(Cl)cn1. The smallest absolute Gasteiger partial charge is 0.407 e. The summed E-state index contributed by atoms with van der Waals surface area (Å²) in [6.45, 7) is 6.07. The number of nitrogens with one attached hydrogen (secondary N) is 1. The van der Waals surface area contributed by atoms with E-state index in [-0.39, 0.29) is 19.0 Å². The van der Waals surface area contributed by atoms with E-state index in [9.17, 15) is 4.79 Å². The van der Waals surface area contributed by atoms with E-state index in [1.54, 1.807) is 27.0 Å². The van der Waals surface area contributed by atoms with Gasteiger partial charge in [-0.25, -0.2) is 14.8 Å². The summed E-state index contributed by atoms with van der Waals surface area (Å²) in [5.41, 5.74) is 6.12. The third-order valence-electron chi connectivity index (χ3n) is 2.37. The first kappa shape index (κ1) is 24.3. The number of nitrogens with two attached hydrogens (primary N) is 1. The first-order chi connectivity index (χ1) is 11.7. The maximum atomic E-state index is 11.3. The van der Waals surface area contributed by atoms with Crippen molar-refractivity contribution >= 4 is 41.7 Å². The summed E-state index contributed by atoms with van der Waals surface area (Å²) in [6.07, 6.45) is 5.48. The van der Waals surface area contributed by atoms with Gasteiger partial charge in [-0.05, 0) is 20.8 Å². The van der Waals surface area contributed by atoms with Crippen LogP contribution in [0.15, 0.2) is 24.8 Å². The van der Waals surface area contributed by atoms with Crippen LogP contribution in [0.2, 0.25) is 10.3 Å². The largest absolute Gasteiger partial charge is 0.444 e. The Bertz CT molecular complexity index is 663. The Kier molecular flexibility index (Phi) is 11.0. The number of ether oxygens (including phenoxy) is 1. The summed E-state index contributed by atoms with van der Waals surface area (Å²) < 4.78 is 5.06. The first-order valence-corrected chi connectivity index (χ1v) is 8.05. The van der Waals surface area contributed by atoms with E-state index in [0.717, 1.165) is 5.69 Å². The molecule has 0 atom stereocenters. The van der Waals surface area contributed by atoms with Crippen LogP contribution in [0.25, 0.3) is 0 Å². The van der Waals surface area contributed by atoms with Gasteiger partial charge in [-0.3, -0.25) is 9.97 Å². The minimum atomic E-state index is -0.504. The van der Waals surface area contributed by atoms with Crippen LogP contribution in [0.3, 0.4) is 0 Å². The van der Waals surface area contributed by atoms with Gasteiger partial charge in [0.2, 0.25) is 0 Å². The molecule has 0 radical (unpaired) electrons. The van der Waals surface area contributed by atoms with Crippen LogP contribution in [0, 0.1) is 0 Å². The lowest BCUT2D eigenvalue weighted by Gasteiger charge is -2.19. The molecule has 2 heterocycles. The van der Waals surface area contributed by atoms with E-state index in [1.165, 1.54) is 18.6 Å². The zero-order valence-corrected chi connectivity index (χ0v) is 16.9. The number of hydrogen-bond acceptors (Lipinski definition) is 7. The molecule has 0 saturated heterocycles. The van der Waals surface area contributed by atoms with E-state index in [2.05, 4.69) is 25.3 Å².